The lowest BCUT2D eigenvalue weighted by Crippen LogP contribution is -2.58. The first-order chi connectivity index (χ1) is 7.27. The van der Waals surface area contributed by atoms with Crippen molar-refractivity contribution in [3.63, 3.8) is 0 Å². The highest BCUT2D eigenvalue weighted by molar-refractivity contribution is 5.96. The number of carbonyl (C=O) groups is 2. The molecule has 1 aliphatic carbocycles. The van der Waals surface area contributed by atoms with Crippen molar-refractivity contribution in [3.8, 4) is 0 Å². The van der Waals surface area contributed by atoms with Gasteiger partial charge in [0.25, 0.3) is 0 Å². The summed E-state index contributed by atoms with van der Waals surface area (Å²) in [6.45, 7) is 0. The van der Waals surface area contributed by atoms with E-state index in [2.05, 4.69) is 0 Å². The monoisotopic (exact) mass is 207 g/mol. The van der Waals surface area contributed by atoms with E-state index in [4.69, 9.17) is 0 Å². The molecule has 3 aliphatic rings. The van der Waals surface area contributed by atoms with Crippen molar-refractivity contribution >= 4 is 11.8 Å². The van der Waals surface area contributed by atoms with Crippen LogP contribution in [0.5, 0.6) is 0 Å². The molecule has 2 saturated heterocycles. The van der Waals surface area contributed by atoms with E-state index in [1.54, 1.807) is 4.90 Å². The molecule has 0 N–H and O–H groups in total. The summed E-state index contributed by atoms with van der Waals surface area (Å²) in [7, 11) is 0. The van der Waals surface area contributed by atoms with E-state index in [0.717, 1.165) is 12.8 Å². The van der Waals surface area contributed by atoms with Gasteiger partial charge in [-0.15, -0.1) is 0 Å². The summed E-state index contributed by atoms with van der Waals surface area (Å²) in [4.78, 5) is 25.2. The molecule has 0 aromatic rings. The summed E-state index contributed by atoms with van der Waals surface area (Å²) in [5, 5.41) is 0. The van der Waals surface area contributed by atoms with Gasteiger partial charge >= 0.3 is 0 Å². The molecule has 0 radical (unpaired) electrons. The molecule has 3 heteroatoms. The first-order valence-electron chi connectivity index (χ1n) is 6.12. The van der Waals surface area contributed by atoms with Gasteiger partial charge in [0.05, 0.1) is 0 Å². The molecular weight excluding hydrogens is 190 g/mol. The zero-order valence-corrected chi connectivity index (χ0v) is 8.95. The maximum Gasteiger partial charge on any atom is 0.229 e. The number of hydrogen-bond donors (Lipinski definition) is 0. The number of nitrogens with zero attached hydrogens (tertiary/aromatic N) is 1. The lowest BCUT2D eigenvalue weighted by atomic mass is 9.68. The van der Waals surface area contributed by atoms with E-state index < -0.39 is 0 Å². The van der Waals surface area contributed by atoms with Gasteiger partial charge in [-0.2, -0.15) is 0 Å². The molecular formula is C12H17NO2. The molecule has 15 heavy (non-hydrogen) atoms. The average molecular weight is 207 g/mol. The minimum atomic E-state index is 0.0906. The fraction of sp³-hybridized carbons (Fsp3) is 0.833. The summed E-state index contributed by atoms with van der Waals surface area (Å²) in [5.41, 5.74) is 0. The molecule has 3 rings (SSSR count). The summed E-state index contributed by atoms with van der Waals surface area (Å²) in [5.74, 6) is 1.41. The Morgan fingerprint density at radius 1 is 0.867 bits per heavy atom. The van der Waals surface area contributed by atoms with Gasteiger partial charge in [-0.1, -0.05) is 6.42 Å². The molecule has 2 heterocycles. The van der Waals surface area contributed by atoms with E-state index >= 15 is 0 Å². The summed E-state index contributed by atoms with van der Waals surface area (Å²) in [6.07, 6.45) is 6.96. The largest absolute Gasteiger partial charge is 0.279 e. The lowest BCUT2D eigenvalue weighted by molar-refractivity contribution is -0.160. The molecule has 0 bridgehead atoms. The molecule has 0 aromatic heterocycles. The topological polar surface area (TPSA) is 37.4 Å². The number of carbonyl (C=O) groups excluding carboxylic acids is 2. The van der Waals surface area contributed by atoms with E-state index in [1.165, 1.54) is 19.3 Å². The third-order valence-electron chi connectivity index (χ3n) is 4.41. The van der Waals surface area contributed by atoms with Crippen LogP contribution >= 0.6 is 0 Å². The van der Waals surface area contributed by atoms with Crippen molar-refractivity contribution in [2.75, 3.05) is 0 Å². The average Bonchev–Trinajstić information content (AvgIpc) is 2.25. The van der Waals surface area contributed by atoms with Crippen LogP contribution in [0, 0.1) is 11.8 Å². The normalized spacial score (nSPS) is 40.3. The van der Waals surface area contributed by atoms with Crippen LogP contribution in [0.15, 0.2) is 0 Å². The number of piperidine rings is 2. The van der Waals surface area contributed by atoms with Crippen LogP contribution < -0.4 is 0 Å². The third-order valence-corrected chi connectivity index (χ3v) is 4.41. The van der Waals surface area contributed by atoms with Gasteiger partial charge in [-0.05, 0) is 37.5 Å². The quantitative estimate of drug-likeness (QED) is 0.567. The SMILES string of the molecule is O=C1CCC2CCCC3CCC(=O)N1C23. The zero-order chi connectivity index (χ0) is 10.4. The molecule has 2 atom stereocenters. The fourth-order valence-electron chi connectivity index (χ4n) is 3.75. The predicted molar refractivity (Wildman–Crippen MR) is 54.9 cm³/mol. The third kappa shape index (κ3) is 1.32. The van der Waals surface area contributed by atoms with Gasteiger partial charge in [0.2, 0.25) is 11.8 Å². The minimum absolute atomic E-state index is 0.0906. The first-order valence-corrected chi connectivity index (χ1v) is 6.12. The van der Waals surface area contributed by atoms with Gasteiger partial charge < -0.3 is 0 Å². The Morgan fingerprint density at radius 3 is 1.93 bits per heavy atom. The molecule has 3 nitrogen and oxygen atoms in total. The van der Waals surface area contributed by atoms with Crippen molar-refractivity contribution in [1.29, 1.82) is 0 Å². The summed E-state index contributed by atoms with van der Waals surface area (Å²) < 4.78 is 0. The second-order valence-corrected chi connectivity index (χ2v) is 5.18. The Bertz CT molecular complexity index is 285. The van der Waals surface area contributed by atoms with Crippen LogP contribution in [-0.4, -0.2) is 22.8 Å². The van der Waals surface area contributed by atoms with Crippen LogP contribution in [0.1, 0.15) is 44.9 Å². The van der Waals surface area contributed by atoms with Crippen LogP contribution in [0.3, 0.4) is 0 Å². The first kappa shape index (κ1) is 9.37. The zero-order valence-electron chi connectivity index (χ0n) is 8.95. The molecule has 82 valence electrons. The molecule has 1 saturated carbocycles. The van der Waals surface area contributed by atoms with Crippen LogP contribution in [0.4, 0.5) is 0 Å². The highest BCUT2D eigenvalue weighted by Gasteiger charge is 2.47. The molecule has 0 spiro atoms. The second-order valence-electron chi connectivity index (χ2n) is 5.18. The Balaban J connectivity index is 1.94. The molecule has 2 amide bonds. The Hall–Kier alpha value is -0.860. The maximum atomic E-state index is 11.8. The van der Waals surface area contributed by atoms with Gasteiger partial charge in [0.15, 0.2) is 0 Å². The van der Waals surface area contributed by atoms with Crippen LogP contribution in [0.25, 0.3) is 0 Å². The molecule has 2 aliphatic heterocycles. The second kappa shape index (κ2) is 3.32. The predicted octanol–water partition coefficient (Wildman–Crippen LogP) is 1.71. The molecule has 2 unspecified atom stereocenters. The smallest absolute Gasteiger partial charge is 0.229 e. The van der Waals surface area contributed by atoms with Crippen LogP contribution in [-0.2, 0) is 9.59 Å². The number of imide groups is 1. The summed E-state index contributed by atoms with van der Waals surface area (Å²) >= 11 is 0. The standard InChI is InChI=1S/C12H17NO2/c14-10-6-4-8-2-1-3-9-5-7-11(15)13(10)12(8)9/h8-9,12H,1-7H2. The van der Waals surface area contributed by atoms with E-state index in [1.807, 2.05) is 0 Å². The van der Waals surface area contributed by atoms with E-state index in [-0.39, 0.29) is 17.9 Å². The van der Waals surface area contributed by atoms with Crippen molar-refractivity contribution in [2.24, 2.45) is 11.8 Å². The highest BCUT2D eigenvalue weighted by Crippen LogP contribution is 2.43. The highest BCUT2D eigenvalue weighted by atomic mass is 16.2. The van der Waals surface area contributed by atoms with Crippen molar-refractivity contribution < 1.29 is 9.59 Å². The van der Waals surface area contributed by atoms with Gasteiger partial charge in [-0.25, -0.2) is 0 Å². The maximum absolute atomic E-state index is 11.8. The number of amides is 2. The Labute approximate surface area is 89.8 Å². The van der Waals surface area contributed by atoms with Crippen LogP contribution in [0.2, 0.25) is 0 Å². The lowest BCUT2D eigenvalue weighted by Gasteiger charge is -2.49. The van der Waals surface area contributed by atoms with E-state index in [9.17, 15) is 9.59 Å². The van der Waals surface area contributed by atoms with Crippen molar-refractivity contribution in [1.82, 2.24) is 4.90 Å². The Morgan fingerprint density at radius 2 is 1.40 bits per heavy atom. The Kier molecular flexibility index (Phi) is 2.08. The van der Waals surface area contributed by atoms with Gasteiger partial charge in [0.1, 0.15) is 0 Å². The van der Waals surface area contributed by atoms with E-state index in [0.29, 0.717) is 24.7 Å². The number of hydrogen-bond acceptors (Lipinski definition) is 2. The minimum Gasteiger partial charge on any atom is -0.279 e. The van der Waals surface area contributed by atoms with Gasteiger partial charge in [0, 0.05) is 18.9 Å². The fourth-order valence-corrected chi connectivity index (χ4v) is 3.75. The number of rotatable bonds is 0. The van der Waals surface area contributed by atoms with Crippen molar-refractivity contribution in [2.45, 2.75) is 51.0 Å². The summed E-state index contributed by atoms with van der Waals surface area (Å²) in [6, 6.07) is 0.279. The van der Waals surface area contributed by atoms with Crippen molar-refractivity contribution in [3.05, 3.63) is 0 Å². The van der Waals surface area contributed by atoms with Gasteiger partial charge in [-0.3, -0.25) is 14.5 Å². The molecule has 0 aromatic carbocycles. The molecule has 3 fully saturated rings.